The van der Waals surface area contributed by atoms with Crippen LogP contribution >= 0.6 is 0 Å². The van der Waals surface area contributed by atoms with Crippen molar-refractivity contribution in [3.63, 3.8) is 0 Å². The van der Waals surface area contributed by atoms with Crippen LogP contribution in [0, 0.1) is 0 Å². The molecule has 0 N–H and O–H groups in total. The summed E-state index contributed by atoms with van der Waals surface area (Å²) in [6.45, 7) is 0. The lowest BCUT2D eigenvalue weighted by molar-refractivity contribution is 1.13. The van der Waals surface area contributed by atoms with Gasteiger partial charge in [-0.05, 0) is 212 Å². The molecule has 8 nitrogen and oxygen atoms in total. The summed E-state index contributed by atoms with van der Waals surface area (Å²) >= 11 is 0. The van der Waals surface area contributed by atoms with Crippen molar-refractivity contribution in [1.82, 2.24) is 37.0 Å². The van der Waals surface area contributed by atoms with E-state index in [1.807, 2.05) is 24.3 Å². The molecule has 8 heteroatoms. The van der Waals surface area contributed by atoms with Crippen LogP contribution in [0.25, 0.3) is 234 Å². The molecule has 0 aliphatic heterocycles. The van der Waals surface area contributed by atoms with Crippen molar-refractivity contribution in [3.8, 4) is 180 Å². The lowest BCUT2D eigenvalue weighted by Crippen LogP contribution is -1.98. The molecule has 16 aromatic carbocycles. The molecule has 0 spiro atoms. The molecular formula is C130H88N8. The maximum absolute atomic E-state index is 5.14. The zero-order chi connectivity index (χ0) is 91.4. The van der Waals surface area contributed by atoms with Gasteiger partial charge >= 0.3 is 0 Å². The Morgan fingerprint density at radius 1 is 0.145 bits per heavy atom. The van der Waals surface area contributed by atoms with E-state index in [0.29, 0.717) is 0 Å². The number of aromatic nitrogens is 8. The number of hydrogen-bond acceptors (Lipinski definition) is 2. The summed E-state index contributed by atoms with van der Waals surface area (Å²) in [4.78, 5) is 10.3. The quantitative estimate of drug-likeness (QED) is 0.0860. The third-order valence-electron chi connectivity index (χ3n) is 26.9. The third-order valence-corrected chi connectivity index (χ3v) is 26.9. The average molecular weight is 1760 g/mol. The molecule has 0 fully saturated rings. The lowest BCUT2D eigenvalue weighted by atomic mass is 9.97. The van der Waals surface area contributed by atoms with Gasteiger partial charge in [0.15, 0.2) is 0 Å². The van der Waals surface area contributed by atoms with E-state index in [1.165, 1.54) is 77.4 Å². The summed E-state index contributed by atoms with van der Waals surface area (Å²) in [5, 5.41) is 4.68. The smallest absolute Gasteiger partial charge is 0.0715 e. The second-order valence-corrected chi connectivity index (χ2v) is 35.3. The number of fused-ring (bicyclic) bond motifs is 6. The van der Waals surface area contributed by atoms with Crippen molar-refractivity contribution in [2.45, 2.75) is 0 Å². The molecule has 10 aromatic heterocycles. The Morgan fingerprint density at radius 2 is 0.355 bits per heavy atom. The second kappa shape index (κ2) is 35.2. The monoisotopic (exact) mass is 1760 g/mol. The molecule has 0 radical (unpaired) electrons. The van der Waals surface area contributed by atoms with Crippen LogP contribution in [0.3, 0.4) is 0 Å². The van der Waals surface area contributed by atoms with Gasteiger partial charge in [-0.15, -0.1) is 0 Å². The summed E-state index contributed by atoms with van der Waals surface area (Å²) in [5.74, 6) is 0. The van der Waals surface area contributed by atoms with Crippen molar-refractivity contribution < 1.29 is 0 Å². The molecule has 26 rings (SSSR count). The highest BCUT2D eigenvalue weighted by atomic mass is 15.0. The Bertz CT molecular complexity index is 8300. The summed E-state index contributed by atoms with van der Waals surface area (Å²) in [6.07, 6.45) is 8.79. The number of rotatable bonds is 18. The first-order chi connectivity index (χ1) is 68.4. The Kier molecular flexibility index (Phi) is 20.8. The Balaban J connectivity index is 0.000000147. The van der Waals surface area contributed by atoms with Gasteiger partial charge in [0, 0.05) is 114 Å². The number of benzene rings is 16. The molecule has 0 bridgehead atoms. The molecule has 26 aromatic rings. The molecule has 10 heterocycles. The molecule has 138 heavy (non-hydrogen) atoms. The topological polar surface area (TPSA) is 54.3 Å². The number of hydrogen-bond donors (Lipinski definition) is 0. The van der Waals surface area contributed by atoms with E-state index in [4.69, 9.17) is 9.97 Å². The van der Waals surface area contributed by atoms with E-state index in [9.17, 15) is 0 Å². The highest BCUT2D eigenvalue weighted by molar-refractivity contribution is 6.05. The van der Waals surface area contributed by atoms with E-state index >= 15 is 0 Å². The third kappa shape index (κ3) is 15.2. The van der Waals surface area contributed by atoms with Crippen LogP contribution in [0.1, 0.15) is 0 Å². The van der Waals surface area contributed by atoms with Gasteiger partial charge in [-0.2, -0.15) is 0 Å². The molecule has 0 aliphatic carbocycles. The van der Waals surface area contributed by atoms with Gasteiger partial charge < -0.3 is 27.1 Å². The van der Waals surface area contributed by atoms with Crippen LogP contribution in [0.2, 0.25) is 0 Å². The summed E-state index contributed by atoms with van der Waals surface area (Å²) in [6, 6.07) is 183. The van der Waals surface area contributed by atoms with Gasteiger partial charge in [0.25, 0.3) is 0 Å². The van der Waals surface area contributed by atoms with E-state index in [1.54, 1.807) is 0 Å². The molecule has 0 amide bonds. The van der Waals surface area contributed by atoms with E-state index in [0.717, 1.165) is 157 Å². The minimum absolute atomic E-state index is 0.948. The van der Waals surface area contributed by atoms with Gasteiger partial charge in [-0.1, -0.05) is 364 Å². The first-order valence-electron chi connectivity index (χ1n) is 47.0. The van der Waals surface area contributed by atoms with Gasteiger partial charge in [0.05, 0.1) is 78.7 Å². The van der Waals surface area contributed by atoms with Crippen LogP contribution in [-0.4, -0.2) is 37.0 Å². The molecule has 0 saturated carbocycles. The molecule has 0 atom stereocenters. The second-order valence-electron chi connectivity index (χ2n) is 35.3. The maximum Gasteiger partial charge on any atom is 0.0715 e. The standard InChI is InChI=1S/C68H46N4.C62H42N4/c1-7-19-49(20-8-1)61-39-55(40-62(69-61)50-21-9-2-10-22-50)47-31-35-59(36-32-47)71-65(53-27-15-5-16-28-53)43-57-46-68-58(45-67(57)71)44-66(54-29-17-6-18-30-54)72(68)60-37-33-48(34-38-60)56-41-63(51-23-11-3-12-24-51)70-64(42-56)52-25-13-4-14-26-52;1-5-17-45(18-6-1)57-37-49-39-60-50(40-59(49)65(57)51-31-27-43(28-32-51)53-41-63-35-15-13-25-55(63)61(53)47-21-9-3-10-22-47)38-58(46-19-7-2-8-20-46)66(60)52-33-29-44(30-34-52)54-42-64-36-16-14-26-56(64)62(54)48-23-11-4-12-24-48/h1-46H;1-42H. The normalized spacial score (nSPS) is 11.5. The van der Waals surface area contributed by atoms with Gasteiger partial charge in [-0.3, -0.25) is 0 Å². The van der Waals surface area contributed by atoms with Crippen molar-refractivity contribution in [3.05, 3.63) is 534 Å². The largest absolute Gasteiger partial charge is 0.323 e. The zero-order valence-corrected chi connectivity index (χ0v) is 75.4. The molecule has 0 unspecified atom stereocenters. The van der Waals surface area contributed by atoms with Crippen LogP contribution in [0.5, 0.6) is 0 Å². The van der Waals surface area contributed by atoms with Gasteiger partial charge in [0.2, 0.25) is 0 Å². The maximum atomic E-state index is 5.14. The number of pyridine rings is 4. The minimum atomic E-state index is 0.948. The molecule has 648 valence electrons. The van der Waals surface area contributed by atoms with E-state index < -0.39 is 0 Å². The fourth-order valence-corrected chi connectivity index (χ4v) is 20.3. The van der Waals surface area contributed by atoms with E-state index in [-0.39, 0.29) is 0 Å². The van der Waals surface area contributed by atoms with E-state index in [2.05, 4.69) is 537 Å². The Hall–Kier alpha value is -18.5. The van der Waals surface area contributed by atoms with Crippen LogP contribution in [0.15, 0.2) is 534 Å². The fraction of sp³-hybridized carbons (Fsp3) is 0. The summed E-state index contributed by atoms with van der Waals surface area (Å²) < 4.78 is 14.2. The van der Waals surface area contributed by atoms with Crippen molar-refractivity contribution >= 4 is 54.6 Å². The van der Waals surface area contributed by atoms with Crippen LogP contribution < -0.4 is 0 Å². The van der Waals surface area contributed by atoms with Crippen molar-refractivity contribution in [2.75, 3.05) is 0 Å². The summed E-state index contributed by atoms with van der Waals surface area (Å²) in [7, 11) is 0. The van der Waals surface area contributed by atoms with Crippen molar-refractivity contribution in [2.24, 2.45) is 0 Å². The highest BCUT2D eigenvalue weighted by Gasteiger charge is 2.25. The molecular weight excluding hydrogens is 1670 g/mol. The Labute approximate surface area is 800 Å². The molecule has 0 saturated heterocycles. The van der Waals surface area contributed by atoms with Crippen LogP contribution in [-0.2, 0) is 0 Å². The lowest BCUT2D eigenvalue weighted by Gasteiger charge is -2.14. The van der Waals surface area contributed by atoms with Crippen molar-refractivity contribution in [1.29, 1.82) is 0 Å². The van der Waals surface area contributed by atoms with Crippen LogP contribution in [0.4, 0.5) is 0 Å². The summed E-state index contributed by atoms with van der Waals surface area (Å²) in [5.41, 5.74) is 43.0. The minimum Gasteiger partial charge on any atom is -0.323 e. The number of nitrogens with zero attached hydrogens (tertiary/aromatic N) is 8. The SMILES string of the molecule is c1ccc(-c2c(-c3ccc(-n4c(-c5ccccc5)cc5cc6c(cc(-c7ccccc7)n6-c6ccc(-c7cn8ccccc8c7-c7ccccc7)cc6)cc54)cc3)cn3ccccc23)cc1.c1ccc(-c2cc(-c3ccc(-n4c(-c5ccccc5)cc5cc6c(cc(-c7ccccc7)n6-c6ccc(-c7cc(-c8ccccc8)nc(-c8ccccc8)c7)cc6)cc54)cc3)cc(-c3ccccc3)n2)cc1. The van der Waals surface area contributed by atoms with Gasteiger partial charge in [-0.25, -0.2) is 9.97 Å². The zero-order valence-electron chi connectivity index (χ0n) is 75.4. The fourth-order valence-electron chi connectivity index (χ4n) is 20.3. The first-order valence-corrected chi connectivity index (χ1v) is 47.0. The van der Waals surface area contributed by atoms with Gasteiger partial charge in [0.1, 0.15) is 0 Å². The predicted octanol–water partition coefficient (Wildman–Crippen LogP) is 33.8. The Morgan fingerprint density at radius 3 is 0.594 bits per heavy atom. The average Bonchev–Trinajstić information content (AvgIpc) is 1.58. The highest BCUT2D eigenvalue weighted by Crippen LogP contribution is 2.46. The predicted molar refractivity (Wildman–Crippen MR) is 574 cm³/mol. The first kappa shape index (κ1) is 81.5. The molecule has 0 aliphatic rings.